The highest BCUT2D eigenvalue weighted by Gasteiger charge is 2.28. The molecule has 0 amide bonds. The van der Waals surface area contributed by atoms with Gasteiger partial charge in [-0.15, -0.1) is 0 Å². The van der Waals surface area contributed by atoms with E-state index >= 15 is 0 Å². The lowest BCUT2D eigenvalue weighted by atomic mass is 9.91. The van der Waals surface area contributed by atoms with Gasteiger partial charge in [-0.2, -0.15) is 5.10 Å². The summed E-state index contributed by atoms with van der Waals surface area (Å²) < 4.78 is 3.88. The number of fused-ring (bicyclic) bond motifs is 1. The topological polar surface area (TPSA) is 77.6 Å². The molecule has 146 valence electrons. The molecular formula is C21H26N6O. The van der Waals surface area contributed by atoms with Gasteiger partial charge in [0.05, 0.1) is 17.3 Å². The highest BCUT2D eigenvalue weighted by molar-refractivity contribution is 5.87. The third-order valence-electron chi connectivity index (χ3n) is 6.29. The first-order valence-electron chi connectivity index (χ1n) is 10.2. The van der Waals surface area contributed by atoms with Gasteiger partial charge in [0.2, 0.25) is 0 Å². The largest absolute Gasteiger partial charge is 0.365 e. The second-order valence-electron chi connectivity index (χ2n) is 8.27. The Bertz CT molecular complexity index is 1070. The maximum absolute atomic E-state index is 12.3. The van der Waals surface area contributed by atoms with Crippen molar-refractivity contribution in [3.05, 3.63) is 46.3 Å². The fourth-order valence-corrected chi connectivity index (χ4v) is 4.36. The van der Waals surface area contributed by atoms with Gasteiger partial charge in [-0.05, 0) is 57.6 Å². The molecule has 2 fully saturated rings. The standard InChI is InChI=1S/C21H26N6O/c1-13-11-18-20(26(13)2)21(23-12-22-18)24-15-5-7-16(8-6-15)27-19(28)10-9-17(25-27)14-3-4-14/h9-12,14-16H,3-8H2,1-2H3,(H,22,23,24). The van der Waals surface area contributed by atoms with Gasteiger partial charge in [0.1, 0.15) is 11.8 Å². The van der Waals surface area contributed by atoms with E-state index in [0.717, 1.165) is 48.2 Å². The summed E-state index contributed by atoms with van der Waals surface area (Å²) in [6.07, 6.45) is 7.95. The molecule has 0 bridgehead atoms. The van der Waals surface area contributed by atoms with Gasteiger partial charge in [-0.3, -0.25) is 4.79 Å². The van der Waals surface area contributed by atoms with E-state index in [1.807, 2.05) is 13.1 Å². The van der Waals surface area contributed by atoms with Crippen LogP contribution >= 0.6 is 0 Å². The lowest BCUT2D eigenvalue weighted by molar-refractivity contribution is 0.301. The van der Waals surface area contributed by atoms with Crippen LogP contribution < -0.4 is 10.9 Å². The monoisotopic (exact) mass is 378 g/mol. The molecule has 5 rings (SSSR count). The first-order valence-corrected chi connectivity index (χ1v) is 10.2. The molecule has 3 heterocycles. The number of anilines is 1. The van der Waals surface area contributed by atoms with Crippen LogP contribution in [0.4, 0.5) is 5.82 Å². The molecule has 0 unspecified atom stereocenters. The maximum atomic E-state index is 12.3. The van der Waals surface area contributed by atoms with Crippen LogP contribution in [0.2, 0.25) is 0 Å². The van der Waals surface area contributed by atoms with E-state index in [2.05, 4.69) is 37.9 Å². The summed E-state index contributed by atoms with van der Waals surface area (Å²) in [5.41, 5.74) is 4.30. The Morgan fingerprint density at radius 3 is 2.61 bits per heavy atom. The Balaban J connectivity index is 1.31. The minimum absolute atomic E-state index is 0.0256. The summed E-state index contributed by atoms with van der Waals surface area (Å²) in [7, 11) is 2.05. The van der Waals surface area contributed by atoms with Crippen molar-refractivity contribution < 1.29 is 0 Å². The van der Waals surface area contributed by atoms with Crippen LogP contribution in [-0.2, 0) is 7.05 Å². The smallest absolute Gasteiger partial charge is 0.267 e. The first kappa shape index (κ1) is 17.4. The van der Waals surface area contributed by atoms with Crippen LogP contribution in [0.5, 0.6) is 0 Å². The Kier molecular flexibility index (Phi) is 4.18. The van der Waals surface area contributed by atoms with Gasteiger partial charge in [0.25, 0.3) is 5.56 Å². The molecule has 0 aromatic carbocycles. The minimum Gasteiger partial charge on any atom is -0.365 e. The Hall–Kier alpha value is -2.70. The zero-order valence-electron chi connectivity index (χ0n) is 16.4. The van der Waals surface area contributed by atoms with Crippen molar-refractivity contribution in [3.8, 4) is 0 Å². The van der Waals surface area contributed by atoms with Gasteiger partial charge in [0, 0.05) is 30.8 Å². The number of hydrogen-bond acceptors (Lipinski definition) is 5. The van der Waals surface area contributed by atoms with Gasteiger partial charge in [-0.1, -0.05) is 0 Å². The number of aryl methyl sites for hydroxylation is 2. The normalized spacial score (nSPS) is 22.5. The van der Waals surface area contributed by atoms with Gasteiger partial charge in [-0.25, -0.2) is 14.6 Å². The van der Waals surface area contributed by atoms with Crippen molar-refractivity contribution in [3.63, 3.8) is 0 Å². The molecule has 7 heteroatoms. The van der Waals surface area contributed by atoms with E-state index in [1.165, 1.54) is 18.5 Å². The van der Waals surface area contributed by atoms with E-state index in [9.17, 15) is 4.79 Å². The molecule has 2 aliphatic carbocycles. The van der Waals surface area contributed by atoms with Crippen molar-refractivity contribution in [2.45, 2.75) is 63.5 Å². The molecule has 2 saturated carbocycles. The Labute approximate surface area is 163 Å². The average Bonchev–Trinajstić information content (AvgIpc) is 3.50. The summed E-state index contributed by atoms with van der Waals surface area (Å²) >= 11 is 0. The fraction of sp³-hybridized carbons (Fsp3) is 0.524. The highest BCUT2D eigenvalue weighted by Crippen LogP contribution is 2.39. The summed E-state index contributed by atoms with van der Waals surface area (Å²) in [6.45, 7) is 2.08. The number of hydrogen-bond donors (Lipinski definition) is 1. The van der Waals surface area contributed by atoms with Crippen LogP contribution in [-0.4, -0.2) is 30.4 Å². The predicted octanol–water partition coefficient (Wildman–Crippen LogP) is 3.31. The third kappa shape index (κ3) is 3.08. The number of rotatable bonds is 4. The first-order chi connectivity index (χ1) is 13.6. The van der Waals surface area contributed by atoms with Gasteiger partial charge < -0.3 is 9.88 Å². The summed E-state index contributed by atoms with van der Waals surface area (Å²) in [5, 5.41) is 8.31. The summed E-state index contributed by atoms with van der Waals surface area (Å²) in [5.74, 6) is 1.47. The number of aromatic nitrogens is 5. The Morgan fingerprint density at radius 1 is 1.07 bits per heavy atom. The van der Waals surface area contributed by atoms with Crippen LogP contribution in [0.1, 0.15) is 61.9 Å². The summed E-state index contributed by atoms with van der Waals surface area (Å²) in [4.78, 5) is 21.2. The zero-order chi connectivity index (χ0) is 19.3. The van der Waals surface area contributed by atoms with Crippen LogP contribution in [0.3, 0.4) is 0 Å². The molecule has 28 heavy (non-hydrogen) atoms. The molecule has 3 aromatic rings. The molecular weight excluding hydrogens is 352 g/mol. The zero-order valence-corrected chi connectivity index (χ0v) is 16.4. The van der Waals surface area contributed by atoms with Crippen LogP contribution in [0, 0.1) is 6.92 Å². The molecule has 0 aliphatic heterocycles. The molecule has 3 aromatic heterocycles. The molecule has 0 atom stereocenters. The lowest BCUT2D eigenvalue weighted by Gasteiger charge is -2.30. The van der Waals surface area contributed by atoms with E-state index in [0.29, 0.717) is 12.0 Å². The molecule has 2 aliphatic rings. The van der Waals surface area contributed by atoms with Crippen molar-refractivity contribution >= 4 is 16.9 Å². The average molecular weight is 378 g/mol. The van der Waals surface area contributed by atoms with Gasteiger partial charge >= 0.3 is 0 Å². The predicted molar refractivity (Wildman–Crippen MR) is 109 cm³/mol. The number of nitrogens with zero attached hydrogens (tertiary/aromatic N) is 5. The maximum Gasteiger partial charge on any atom is 0.267 e. The molecule has 0 spiro atoms. The van der Waals surface area contributed by atoms with Crippen LogP contribution in [0.15, 0.2) is 29.3 Å². The lowest BCUT2D eigenvalue weighted by Crippen LogP contribution is -2.33. The van der Waals surface area contributed by atoms with Crippen molar-refractivity contribution in [2.24, 2.45) is 7.05 Å². The van der Waals surface area contributed by atoms with Crippen molar-refractivity contribution in [1.29, 1.82) is 0 Å². The van der Waals surface area contributed by atoms with Crippen molar-refractivity contribution in [2.75, 3.05) is 5.32 Å². The SMILES string of the molecule is Cc1cc2ncnc(NC3CCC(n4nc(C5CC5)ccc4=O)CC3)c2n1C. The minimum atomic E-state index is 0.0256. The van der Waals surface area contributed by atoms with Crippen LogP contribution in [0.25, 0.3) is 11.0 Å². The second kappa shape index (κ2) is 6.72. The van der Waals surface area contributed by atoms with E-state index < -0.39 is 0 Å². The molecule has 1 N–H and O–H groups in total. The van der Waals surface area contributed by atoms with E-state index in [1.54, 1.807) is 17.1 Å². The van der Waals surface area contributed by atoms with Gasteiger partial charge in [0.15, 0.2) is 5.82 Å². The summed E-state index contributed by atoms with van der Waals surface area (Å²) in [6, 6.07) is 6.25. The van der Waals surface area contributed by atoms with E-state index in [4.69, 9.17) is 0 Å². The molecule has 0 radical (unpaired) electrons. The quantitative estimate of drug-likeness (QED) is 0.754. The third-order valence-corrected chi connectivity index (χ3v) is 6.29. The van der Waals surface area contributed by atoms with E-state index in [-0.39, 0.29) is 11.6 Å². The molecule has 7 nitrogen and oxygen atoms in total. The fourth-order valence-electron chi connectivity index (χ4n) is 4.36. The van der Waals surface area contributed by atoms with Crippen molar-refractivity contribution in [1.82, 2.24) is 24.3 Å². The second-order valence-corrected chi connectivity index (χ2v) is 8.27. The molecule has 0 saturated heterocycles. The Morgan fingerprint density at radius 2 is 1.86 bits per heavy atom. The highest BCUT2D eigenvalue weighted by atomic mass is 16.1. The number of nitrogens with one attached hydrogen (secondary N) is 1.